The number of carbonyl (C=O) groups excluding carboxylic acids is 2. The van der Waals surface area contributed by atoms with Crippen molar-refractivity contribution in [3.05, 3.63) is 85.1 Å². The van der Waals surface area contributed by atoms with Crippen molar-refractivity contribution in [1.82, 2.24) is 5.32 Å². The summed E-state index contributed by atoms with van der Waals surface area (Å²) in [6.07, 6.45) is 67.9. The Hall–Kier alpha value is -2.96. The molecule has 0 aromatic rings. The van der Waals surface area contributed by atoms with Crippen LogP contribution in [-0.4, -0.2) is 46.9 Å². The second-order valence-electron chi connectivity index (χ2n) is 18.2. The third-order valence-electron chi connectivity index (χ3n) is 12.0. The number of nitrogens with one attached hydrogen (secondary N) is 1. The molecule has 0 bridgehead atoms. The molecule has 0 saturated heterocycles. The molecular weight excluding hydrogens is 803 g/mol. The van der Waals surface area contributed by atoms with Crippen molar-refractivity contribution >= 4 is 11.9 Å². The number of hydrogen-bond donors (Lipinski definition) is 3. The Balaban J connectivity index is 4.67. The molecule has 0 heterocycles. The Morgan fingerprint density at radius 3 is 1.32 bits per heavy atom. The smallest absolute Gasteiger partial charge is 0.306 e. The van der Waals surface area contributed by atoms with Crippen LogP contribution in [-0.2, 0) is 14.3 Å². The van der Waals surface area contributed by atoms with Gasteiger partial charge in [0, 0.05) is 6.42 Å². The Kier molecular flexibility index (Phi) is 49.6. The summed E-state index contributed by atoms with van der Waals surface area (Å²) in [7, 11) is 0. The van der Waals surface area contributed by atoms with Crippen LogP contribution in [0.15, 0.2) is 85.1 Å². The Morgan fingerprint density at radius 1 is 0.462 bits per heavy atom. The van der Waals surface area contributed by atoms with Crippen LogP contribution in [0.4, 0.5) is 0 Å². The average Bonchev–Trinajstić information content (AvgIpc) is 3.30. The SMILES string of the molecule is CC/C=C/C/C=C/C/C=C/C/C=C/CCCC(CC(=O)NC(CO)C(O)CCCCCCCCCCCCCCCCC)OC(=O)CCCCCC/C=C\C/C=C\C/C=C\CCCCC. The van der Waals surface area contributed by atoms with Gasteiger partial charge < -0.3 is 20.3 Å². The molecular formula is C59H103NO5. The third kappa shape index (κ3) is 47.3. The van der Waals surface area contributed by atoms with Gasteiger partial charge in [0.05, 0.1) is 25.2 Å². The third-order valence-corrected chi connectivity index (χ3v) is 12.0. The molecule has 0 aromatic carbocycles. The maximum Gasteiger partial charge on any atom is 0.306 e. The number of ether oxygens (including phenoxy) is 1. The largest absolute Gasteiger partial charge is 0.462 e. The second kappa shape index (κ2) is 52.0. The van der Waals surface area contributed by atoms with Crippen molar-refractivity contribution in [2.75, 3.05) is 6.61 Å². The summed E-state index contributed by atoms with van der Waals surface area (Å²) in [5.74, 6) is -0.556. The van der Waals surface area contributed by atoms with Crippen LogP contribution in [0.5, 0.6) is 0 Å². The van der Waals surface area contributed by atoms with E-state index in [1.165, 1.54) is 103 Å². The van der Waals surface area contributed by atoms with Gasteiger partial charge in [-0.3, -0.25) is 9.59 Å². The second-order valence-corrected chi connectivity index (χ2v) is 18.2. The zero-order chi connectivity index (χ0) is 47.4. The van der Waals surface area contributed by atoms with Gasteiger partial charge in [0.25, 0.3) is 0 Å². The van der Waals surface area contributed by atoms with Gasteiger partial charge in [-0.05, 0) is 96.3 Å². The fraction of sp³-hybridized carbons (Fsp3) is 0.729. The Morgan fingerprint density at radius 2 is 0.846 bits per heavy atom. The van der Waals surface area contributed by atoms with E-state index < -0.39 is 18.2 Å². The Labute approximate surface area is 402 Å². The van der Waals surface area contributed by atoms with Crippen molar-refractivity contribution in [2.24, 2.45) is 0 Å². The topological polar surface area (TPSA) is 95.9 Å². The minimum absolute atomic E-state index is 0.0272. The van der Waals surface area contributed by atoms with E-state index in [-0.39, 0.29) is 24.9 Å². The van der Waals surface area contributed by atoms with Crippen LogP contribution in [0.25, 0.3) is 0 Å². The number of hydrogen-bond acceptors (Lipinski definition) is 5. The molecule has 0 aromatic heterocycles. The van der Waals surface area contributed by atoms with Gasteiger partial charge >= 0.3 is 5.97 Å². The fourth-order valence-electron chi connectivity index (χ4n) is 7.85. The number of carbonyl (C=O) groups is 2. The molecule has 1 amide bonds. The zero-order valence-electron chi connectivity index (χ0n) is 42.6. The monoisotopic (exact) mass is 906 g/mol. The van der Waals surface area contributed by atoms with Crippen LogP contribution in [0.2, 0.25) is 0 Å². The molecule has 0 aliphatic carbocycles. The van der Waals surface area contributed by atoms with Crippen molar-refractivity contribution in [1.29, 1.82) is 0 Å². The predicted molar refractivity (Wildman–Crippen MR) is 282 cm³/mol. The number of aliphatic hydroxyl groups is 2. The van der Waals surface area contributed by atoms with Crippen LogP contribution in [0.1, 0.15) is 252 Å². The number of rotatable bonds is 48. The maximum atomic E-state index is 13.2. The lowest BCUT2D eigenvalue weighted by Gasteiger charge is -2.24. The summed E-state index contributed by atoms with van der Waals surface area (Å²) in [6.45, 7) is 6.33. The maximum absolute atomic E-state index is 13.2. The normalized spacial score (nSPS) is 13.9. The van der Waals surface area contributed by atoms with Crippen molar-refractivity contribution in [3.8, 4) is 0 Å². The quantitative estimate of drug-likeness (QED) is 0.0321. The van der Waals surface area contributed by atoms with Gasteiger partial charge in [-0.2, -0.15) is 0 Å². The lowest BCUT2D eigenvalue weighted by molar-refractivity contribution is -0.151. The molecule has 3 atom stereocenters. The number of unbranched alkanes of at least 4 members (excludes halogenated alkanes) is 22. The van der Waals surface area contributed by atoms with Gasteiger partial charge in [0.15, 0.2) is 0 Å². The van der Waals surface area contributed by atoms with Gasteiger partial charge in [-0.15, -0.1) is 0 Å². The molecule has 0 fully saturated rings. The molecule has 0 aliphatic heterocycles. The van der Waals surface area contributed by atoms with Gasteiger partial charge in [-0.1, -0.05) is 228 Å². The Bertz CT molecular complexity index is 1250. The van der Waals surface area contributed by atoms with E-state index in [4.69, 9.17) is 4.74 Å². The first-order valence-corrected chi connectivity index (χ1v) is 27.3. The van der Waals surface area contributed by atoms with Gasteiger partial charge in [0.1, 0.15) is 6.10 Å². The number of esters is 1. The molecule has 0 aliphatic rings. The molecule has 0 saturated carbocycles. The molecule has 0 radical (unpaired) electrons. The van der Waals surface area contributed by atoms with Crippen molar-refractivity contribution < 1.29 is 24.5 Å². The fourth-order valence-corrected chi connectivity index (χ4v) is 7.85. The summed E-state index contributed by atoms with van der Waals surface area (Å²) < 4.78 is 5.91. The molecule has 3 unspecified atom stereocenters. The number of aliphatic hydroxyl groups excluding tert-OH is 2. The molecule has 0 rings (SSSR count). The molecule has 0 spiro atoms. The van der Waals surface area contributed by atoms with Crippen LogP contribution in [0.3, 0.4) is 0 Å². The van der Waals surface area contributed by atoms with E-state index in [2.05, 4.69) is 111 Å². The summed E-state index contributed by atoms with van der Waals surface area (Å²) in [5, 5.41) is 23.8. The van der Waals surface area contributed by atoms with Crippen molar-refractivity contribution in [3.63, 3.8) is 0 Å². The van der Waals surface area contributed by atoms with Crippen LogP contribution >= 0.6 is 0 Å². The first-order valence-electron chi connectivity index (χ1n) is 27.3. The highest BCUT2D eigenvalue weighted by atomic mass is 16.5. The first kappa shape index (κ1) is 62.0. The molecule has 374 valence electrons. The molecule has 3 N–H and O–H groups in total. The van der Waals surface area contributed by atoms with E-state index in [9.17, 15) is 19.8 Å². The van der Waals surface area contributed by atoms with Crippen molar-refractivity contribution in [2.45, 2.75) is 270 Å². The standard InChI is InChI=1S/C59H103NO5/c1-4-7-10-13-16-19-22-25-28-29-31-34-37-40-43-46-49-52-59(64)65-55(50-47-44-41-38-35-32-27-24-21-18-15-12-9-6-3)53-58(63)60-56(54-61)57(62)51-48-45-42-39-36-33-30-26-23-20-17-14-11-8-5-2/h9,12,16,18-19,21,25,27-28,31-32,34,38,41,55-57,61-62H,4-8,10-11,13-15,17,20,22-24,26,29-30,33,35-37,39-40,42-54H2,1-3H3,(H,60,63)/b12-9+,19-16-,21-18+,28-25-,32-27+,34-31-,41-38+. The highest BCUT2D eigenvalue weighted by molar-refractivity contribution is 5.77. The number of amides is 1. The minimum atomic E-state index is -0.810. The average molecular weight is 906 g/mol. The molecule has 6 heteroatoms. The summed E-state index contributed by atoms with van der Waals surface area (Å²) in [4.78, 5) is 26.2. The van der Waals surface area contributed by atoms with Gasteiger partial charge in [0.2, 0.25) is 5.91 Å². The highest BCUT2D eigenvalue weighted by Gasteiger charge is 2.24. The van der Waals surface area contributed by atoms with E-state index in [1.54, 1.807) is 0 Å². The van der Waals surface area contributed by atoms with E-state index in [0.717, 1.165) is 103 Å². The molecule has 6 nitrogen and oxygen atoms in total. The lowest BCUT2D eigenvalue weighted by atomic mass is 10.0. The zero-order valence-corrected chi connectivity index (χ0v) is 42.6. The molecule has 65 heavy (non-hydrogen) atoms. The van der Waals surface area contributed by atoms with E-state index in [1.807, 2.05) is 0 Å². The lowest BCUT2D eigenvalue weighted by Crippen LogP contribution is -2.46. The van der Waals surface area contributed by atoms with Crippen LogP contribution in [0, 0.1) is 0 Å². The minimum Gasteiger partial charge on any atom is -0.462 e. The number of allylic oxidation sites excluding steroid dienone is 14. The summed E-state index contributed by atoms with van der Waals surface area (Å²) in [5.41, 5.74) is 0. The highest BCUT2D eigenvalue weighted by Crippen LogP contribution is 2.17. The van der Waals surface area contributed by atoms with E-state index in [0.29, 0.717) is 19.3 Å². The van der Waals surface area contributed by atoms with E-state index >= 15 is 0 Å². The predicted octanol–water partition coefficient (Wildman–Crippen LogP) is 16.7. The van der Waals surface area contributed by atoms with Crippen LogP contribution < -0.4 is 5.32 Å². The summed E-state index contributed by atoms with van der Waals surface area (Å²) >= 11 is 0. The van der Waals surface area contributed by atoms with Gasteiger partial charge in [-0.25, -0.2) is 0 Å². The first-order chi connectivity index (χ1) is 32.0. The summed E-state index contributed by atoms with van der Waals surface area (Å²) in [6, 6.07) is -0.728.